The smallest absolute Gasteiger partial charge is 0.417 e. The Morgan fingerprint density at radius 3 is 2.36 bits per heavy atom. The van der Waals surface area contributed by atoms with E-state index < -0.39 is 0 Å². The summed E-state index contributed by atoms with van der Waals surface area (Å²) in [5.74, 6) is 0.872. The number of hydrogen-bond acceptors (Lipinski definition) is 5. The average molecular weight is 302 g/mol. The van der Waals surface area contributed by atoms with Crippen LogP contribution in [0, 0.1) is 0 Å². The van der Waals surface area contributed by atoms with Crippen molar-refractivity contribution < 1.29 is 14.1 Å². The second-order valence-corrected chi connectivity index (χ2v) is 6.62. The first-order valence-corrected chi connectivity index (χ1v) is 7.37. The van der Waals surface area contributed by atoms with Crippen molar-refractivity contribution in [1.82, 2.24) is 10.1 Å². The number of hydrogen-bond donors (Lipinski definition) is 0. The summed E-state index contributed by atoms with van der Waals surface area (Å²) in [5, 5.41) is 3.85. The summed E-state index contributed by atoms with van der Waals surface area (Å²) in [7, 11) is 0. The van der Waals surface area contributed by atoms with Crippen molar-refractivity contribution in [2.24, 2.45) is 0 Å². The van der Waals surface area contributed by atoms with Crippen LogP contribution in [-0.4, -0.2) is 22.5 Å². The molecule has 2 rings (SSSR count). The Morgan fingerprint density at radius 1 is 1.23 bits per heavy atom. The first-order chi connectivity index (χ1) is 10.3. The summed E-state index contributed by atoms with van der Waals surface area (Å²) in [4.78, 5) is 16.2. The highest BCUT2D eigenvalue weighted by atomic mass is 16.6. The third kappa shape index (κ3) is 3.93. The van der Waals surface area contributed by atoms with E-state index in [9.17, 15) is 4.79 Å². The normalized spacial score (nSPS) is 11.7. The topological polar surface area (TPSA) is 65.2 Å². The zero-order valence-corrected chi connectivity index (χ0v) is 13.7. The SMILES string of the molecule is CC(C)c1ccc(C(=O)COc2nc(C(C)(C)C)no2)cc1. The van der Waals surface area contributed by atoms with E-state index in [1.54, 1.807) is 0 Å². The summed E-state index contributed by atoms with van der Waals surface area (Å²) in [6.45, 7) is 10.0. The molecule has 0 atom stereocenters. The van der Waals surface area contributed by atoms with Crippen molar-refractivity contribution >= 4 is 5.78 Å². The van der Waals surface area contributed by atoms with Gasteiger partial charge in [-0.05, 0) is 11.5 Å². The lowest BCUT2D eigenvalue weighted by Gasteiger charge is -2.10. The van der Waals surface area contributed by atoms with Gasteiger partial charge in [0.15, 0.2) is 18.2 Å². The third-order valence-electron chi connectivity index (χ3n) is 3.30. The molecule has 0 unspecified atom stereocenters. The highest BCUT2D eigenvalue weighted by Crippen LogP contribution is 2.21. The number of Topliss-reactive ketones (excluding diaryl/α,β-unsaturated/α-hetero) is 1. The van der Waals surface area contributed by atoms with Crippen molar-refractivity contribution in [3.8, 4) is 6.08 Å². The second kappa shape index (κ2) is 6.30. The van der Waals surface area contributed by atoms with Gasteiger partial charge >= 0.3 is 6.08 Å². The van der Waals surface area contributed by atoms with E-state index in [-0.39, 0.29) is 23.9 Å². The Bertz CT molecular complexity index is 637. The van der Waals surface area contributed by atoms with E-state index in [0.29, 0.717) is 17.3 Å². The predicted molar refractivity (Wildman–Crippen MR) is 83.4 cm³/mol. The number of rotatable bonds is 5. The summed E-state index contributed by atoms with van der Waals surface area (Å²) in [5.41, 5.74) is 1.59. The number of ketones is 1. The molecule has 22 heavy (non-hydrogen) atoms. The second-order valence-electron chi connectivity index (χ2n) is 6.62. The molecule has 0 radical (unpaired) electrons. The van der Waals surface area contributed by atoms with Crippen LogP contribution in [0.2, 0.25) is 0 Å². The van der Waals surface area contributed by atoms with Gasteiger partial charge in [0, 0.05) is 11.0 Å². The van der Waals surface area contributed by atoms with Crippen LogP contribution in [-0.2, 0) is 5.41 Å². The molecule has 0 bridgehead atoms. The van der Waals surface area contributed by atoms with Crippen molar-refractivity contribution in [3.05, 3.63) is 41.2 Å². The van der Waals surface area contributed by atoms with Gasteiger partial charge in [-0.2, -0.15) is 4.98 Å². The van der Waals surface area contributed by atoms with Crippen LogP contribution >= 0.6 is 0 Å². The number of ether oxygens (including phenoxy) is 1. The Balaban J connectivity index is 1.96. The zero-order valence-electron chi connectivity index (χ0n) is 13.7. The highest BCUT2D eigenvalue weighted by molar-refractivity contribution is 5.97. The van der Waals surface area contributed by atoms with Crippen LogP contribution < -0.4 is 4.74 Å². The first-order valence-electron chi connectivity index (χ1n) is 7.37. The number of carbonyl (C=O) groups excluding carboxylic acids is 1. The highest BCUT2D eigenvalue weighted by Gasteiger charge is 2.22. The lowest BCUT2D eigenvalue weighted by Crippen LogP contribution is -2.14. The van der Waals surface area contributed by atoms with Crippen molar-refractivity contribution in [2.75, 3.05) is 6.61 Å². The lowest BCUT2D eigenvalue weighted by molar-refractivity contribution is 0.0884. The number of carbonyl (C=O) groups is 1. The maximum Gasteiger partial charge on any atom is 0.417 e. The van der Waals surface area contributed by atoms with E-state index in [4.69, 9.17) is 9.26 Å². The van der Waals surface area contributed by atoms with Gasteiger partial charge in [0.1, 0.15) is 0 Å². The standard InChI is InChI=1S/C17H22N2O3/c1-11(2)12-6-8-13(9-7-12)14(20)10-21-16-18-15(19-22-16)17(3,4)5/h6-9,11H,10H2,1-5H3. The lowest BCUT2D eigenvalue weighted by atomic mass is 9.96. The molecule has 0 aliphatic heterocycles. The largest absolute Gasteiger partial charge is 0.440 e. The Labute approximate surface area is 130 Å². The van der Waals surface area contributed by atoms with Crippen LogP contribution in [0.3, 0.4) is 0 Å². The van der Waals surface area contributed by atoms with Crippen molar-refractivity contribution in [2.45, 2.75) is 46.0 Å². The first kappa shape index (κ1) is 16.2. The van der Waals surface area contributed by atoms with Crippen LogP contribution in [0.15, 0.2) is 28.8 Å². The Kier molecular flexibility index (Phi) is 4.64. The molecule has 0 amide bonds. The summed E-state index contributed by atoms with van der Waals surface area (Å²) in [6.07, 6.45) is 0.0251. The molecule has 0 fully saturated rings. The molecule has 1 aromatic heterocycles. The molecule has 0 aliphatic rings. The van der Waals surface area contributed by atoms with Gasteiger partial charge < -0.3 is 4.74 Å². The Hall–Kier alpha value is -2.17. The molecule has 5 heteroatoms. The van der Waals surface area contributed by atoms with Gasteiger partial charge in [-0.25, -0.2) is 0 Å². The van der Waals surface area contributed by atoms with Gasteiger partial charge in [-0.1, -0.05) is 64.0 Å². The van der Waals surface area contributed by atoms with E-state index in [0.717, 1.165) is 0 Å². The number of aromatic nitrogens is 2. The number of nitrogens with zero attached hydrogens (tertiary/aromatic N) is 2. The quantitative estimate of drug-likeness (QED) is 0.787. The molecular formula is C17H22N2O3. The fourth-order valence-electron chi connectivity index (χ4n) is 1.84. The zero-order chi connectivity index (χ0) is 16.3. The van der Waals surface area contributed by atoms with Gasteiger partial charge in [0.2, 0.25) is 0 Å². The molecule has 118 valence electrons. The van der Waals surface area contributed by atoms with Gasteiger partial charge in [-0.15, -0.1) is 0 Å². The minimum atomic E-state index is -0.220. The van der Waals surface area contributed by atoms with E-state index in [1.807, 2.05) is 45.0 Å². The molecule has 1 heterocycles. The molecule has 0 N–H and O–H groups in total. The molecule has 0 saturated heterocycles. The molecule has 5 nitrogen and oxygen atoms in total. The van der Waals surface area contributed by atoms with E-state index in [2.05, 4.69) is 24.0 Å². The van der Waals surface area contributed by atoms with Crippen LogP contribution in [0.25, 0.3) is 0 Å². The number of benzene rings is 1. The molecular weight excluding hydrogens is 280 g/mol. The molecule has 2 aromatic rings. The molecule has 0 aliphatic carbocycles. The van der Waals surface area contributed by atoms with Crippen molar-refractivity contribution in [3.63, 3.8) is 0 Å². The minimum Gasteiger partial charge on any atom is -0.440 e. The van der Waals surface area contributed by atoms with Crippen LogP contribution in [0.5, 0.6) is 6.08 Å². The summed E-state index contributed by atoms with van der Waals surface area (Å²) < 4.78 is 10.3. The fourth-order valence-corrected chi connectivity index (χ4v) is 1.84. The monoisotopic (exact) mass is 302 g/mol. The molecule has 0 spiro atoms. The minimum absolute atomic E-state index is 0.0251. The Morgan fingerprint density at radius 2 is 1.86 bits per heavy atom. The maximum atomic E-state index is 12.1. The molecule has 0 saturated carbocycles. The predicted octanol–water partition coefficient (Wildman–Crippen LogP) is 3.75. The summed E-state index contributed by atoms with van der Waals surface area (Å²) in [6, 6.07) is 7.55. The third-order valence-corrected chi connectivity index (χ3v) is 3.30. The molecule has 1 aromatic carbocycles. The van der Waals surface area contributed by atoms with E-state index >= 15 is 0 Å². The average Bonchev–Trinajstić information content (AvgIpc) is 2.94. The van der Waals surface area contributed by atoms with Crippen LogP contribution in [0.1, 0.15) is 62.3 Å². The van der Waals surface area contributed by atoms with Crippen LogP contribution in [0.4, 0.5) is 0 Å². The fraction of sp³-hybridized carbons (Fsp3) is 0.471. The maximum absolute atomic E-state index is 12.1. The van der Waals surface area contributed by atoms with Gasteiger partial charge in [0.05, 0.1) is 0 Å². The van der Waals surface area contributed by atoms with Gasteiger partial charge in [-0.3, -0.25) is 9.32 Å². The van der Waals surface area contributed by atoms with Crippen molar-refractivity contribution in [1.29, 1.82) is 0 Å². The summed E-state index contributed by atoms with van der Waals surface area (Å²) >= 11 is 0. The van der Waals surface area contributed by atoms with E-state index in [1.165, 1.54) is 5.56 Å². The van der Waals surface area contributed by atoms with Gasteiger partial charge in [0.25, 0.3) is 0 Å².